The molecule has 2 aromatic rings. The van der Waals surface area contributed by atoms with Gasteiger partial charge in [0.2, 0.25) is 0 Å². The van der Waals surface area contributed by atoms with Crippen LogP contribution in [0.2, 0.25) is 0 Å². The molecule has 0 radical (unpaired) electrons. The Bertz CT molecular complexity index is 874. The van der Waals surface area contributed by atoms with Gasteiger partial charge >= 0.3 is 0 Å². The van der Waals surface area contributed by atoms with E-state index in [-0.39, 0.29) is 11.2 Å². The molecule has 1 aliphatic heterocycles. The molecule has 0 spiro atoms. The van der Waals surface area contributed by atoms with Crippen LogP contribution in [0.3, 0.4) is 0 Å². The molecule has 7 heteroatoms. The van der Waals surface area contributed by atoms with Gasteiger partial charge in [-0.15, -0.1) is 0 Å². The number of benzene rings is 1. The first kappa shape index (κ1) is 23.0. The standard InChI is InChI=1S/C24H35FN6/c1-5-26-23(29-18-24(2,3)20-9-6-10-21(25)16-20)28-17-19-8-7-11-27-22(19)31-14-12-30(4)13-15-31/h6-11,16H,5,12-15,17-18H2,1-4H3,(H2,26,28,29). The summed E-state index contributed by atoms with van der Waals surface area (Å²) in [6.45, 7) is 12.2. The fourth-order valence-electron chi connectivity index (χ4n) is 3.68. The van der Waals surface area contributed by atoms with Gasteiger partial charge in [-0.05, 0) is 37.7 Å². The maximum atomic E-state index is 13.7. The molecule has 1 aromatic carbocycles. The van der Waals surface area contributed by atoms with E-state index < -0.39 is 0 Å². The maximum Gasteiger partial charge on any atom is 0.191 e. The van der Waals surface area contributed by atoms with E-state index in [1.54, 1.807) is 12.1 Å². The van der Waals surface area contributed by atoms with Crippen LogP contribution in [-0.4, -0.2) is 62.2 Å². The molecule has 1 aromatic heterocycles. The second kappa shape index (κ2) is 10.6. The largest absolute Gasteiger partial charge is 0.357 e. The molecular weight excluding hydrogens is 391 g/mol. The van der Waals surface area contributed by atoms with Crippen molar-refractivity contribution in [3.63, 3.8) is 0 Å². The topological polar surface area (TPSA) is 55.8 Å². The van der Waals surface area contributed by atoms with E-state index in [2.05, 4.69) is 59.3 Å². The van der Waals surface area contributed by atoms with Crippen molar-refractivity contribution in [2.45, 2.75) is 32.7 Å². The Kier molecular flexibility index (Phi) is 7.85. The van der Waals surface area contributed by atoms with E-state index in [4.69, 9.17) is 4.99 Å². The third-order valence-electron chi connectivity index (χ3n) is 5.73. The second-order valence-corrected chi connectivity index (χ2v) is 8.72. The molecule has 1 saturated heterocycles. The predicted octanol–water partition coefficient (Wildman–Crippen LogP) is 3.01. The van der Waals surface area contributed by atoms with Crippen molar-refractivity contribution < 1.29 is 4.39 Å². The summed E-state index contributed by atoms with van der Waals surface area (Å²) in [5.74, 6) is 1.56. The summed E-state index contributed by atoms with van der Waals surface area (Å²) in [7, 11) is 2.15. The first-order valence-electron chi connectivity index (χ1n) is 11.0. The number of piperazine rings is 1. The third-order valence-corrected chi connectivity index (χ3v) is 5.73. The Morgan fingerprint density at radius 3 is 2.61 bits per heavy atom. The van der Waals surface area contributed by atoms with Gasteiger partial charge in [0, 0.05) is 56.4 Å². The lowest BCUT2D eigenvalue weighted by atomic mass is 9.84. The van der Waals surface area contributed by atoms with Crippen molar-refractivity contribution in [3.05, 3.63) is 59.5 Å². The lowest BCUT2D eigenvalue weighted by molar-refractivity contribution is 0.312. The maximum absolute atomic E-state index is 13.7. The zero-order valence-electron chi connectivity index (χ0n) is 19.2. The smallest absolute Gasteiger partial charge is 0.191 e. The number of halogens is 1. The highest BCUT2D eigenvalue weighted by Crippen LogP contribution is 2.23. The quantitative estimate of drug-likeness (QED) is 0.527. The molecule has 6 nitrogen and oxygen atoms in total. The minimum atomic E-state index is -0.239. The molecule has 1 aliphatic rings. The van der Waals surface area contributed by atoms with E-state index in [0.29, 0.717) is 13.1 Å². The van der Waals surface area contributed by atoms with E-state index >= 15 is 0 Å². The van der Waals surface area contributed by atoms with E-state index in [1.807, 2.05) is 18.3 Å². The fraction of sp³-hybridized carbons (Fsp3) is 0.500. The summed E-state index contributed by atoms with van der Waals surface area (Å²) in [5, 5.41) is 6.75. The van der Waals surface area contributed by atoms with Crippen LogP contribution in [0.4, 0.5) is 10.2 Å². The first-order valence-corrected chi connectivity index (χ1v) is 11.0. The van der Waals surface area contributed by atoms with Crippen molar-refractivity contribution in [2.24, 2.45) is 4.99 Å². The Hall–Kier alpha value is -2.67. The molecule has 0 aliphatic carbocycles. The lowest BCUT2D eigenvalue weighted by Crippen LogP contribution is -2.45. The third kappa shape index (κ3) is 6.40. The average molecular weight is 427 g/mol. The Morgan fingerprint density at radius 1 is 1.13 bits per heavy atom. The molecule has 2 heterocycles. The van der Waals surface area contributed by atoms with Gasteiger partial charge in [-0.1, -0.05) is 32.0 Å². The Morgan fingerprint density at radius 2 is 1.90 bits per heavy atom. The average Bonchev–Trinajstić information content (AvgIpc) is 2.76. The molecule has 0 amide bonds. The molecule has 3 rings (SSSR count). The number of aliphatic imine (C=N–C) groups is 1. The van der Waals surface area contributed by atoms with Gasteiger partial charge in [0.1, 0.15) is 11.6 Å². The lowest BCUT2D eigenvalue weighted by Gasteiger charge is -2.34. The summed E-state index contributed by atoms with van der Waals surface area (Å²) >= 11 is 0. The highest BCUT2D eigenvalue weighted by atomic mass is 19.1. The van der Waals surface area contributed by atoms with Crippen LogP contribution in [0.1, 0.15) is 31.9 Å². The minimum absolute atomic E-state index is 0.209. The summed E-state index contributed by atoms with van der Waals surface area (Å²) in [6.07, 6.45) is 1.85. The van der Waals surface area contributed by atoms with Gasteiger partial charge in [0.15, 0.2) is 5.96 Å². The number of nitrogens with zero attached hydrogens (tertiary/aromatic N) is 4. The predicted molar refractivity (Wildman–Crippen MR) is 126 cm³/mol. The zero-order chi connectivity index (χ0) is 22.3. The number of rotatable bonds is 7. The van der Waals surface area contributed by atoms with Crippen molar-refractivity contribution >= 4 is 11.8 Å². The number of anilines is 1. The van der Waals surface area contributed by atoms with Gasteiger partial charge in [0.25, 0.3) is 0 Å². The van der Waals surface area contributed by atoms with Gasteiger partial charge in [-0.3, -0.25) is 0 Å². The molecule has 168 valence electrons. The van der Waals surface area contributed by atoms with Crippen molar-refractivity contribution in [2.75, 3.05) is 51.2 Å². The van der Waals surface area contributed by atoms with Crippen LogP contribution >= 0.6 is 0 Å². The number of guanidine groups is 1. The number of hydrogen-bond donors (Lipinski definition) is 2. The SMILES string of the molecule is CCNC(=NCc1cccnc1N1CCN(C)CC1)NCC(C)(C)c1cccc(F)c1. The van der Waals surface area contributed by atoms with Crippen molar-refractivity contribution in [1.82, 2.24) is 20.5 Å². The summed E-state index contributed by atoms with van der Waals surface area (Å²) < 4.78 is 13.7. The van der Waals surface area contributed by atoms with Crippen molar-refractivity contribution in [1.29, 1.82) is 0 Å². The summed E-state index contributed by atoms with van der Waals surface area (Å²) in [4.78, 5) is 14.1. The van der Waals surface area contributed by atoms with E-state index in [0.717, 1.165) is 55.6 Å². The molecular formula is C24H35FN6. The second-order valence-electron chi connectivity index (χ2n) is 8.72. The zero-order valence-corrected chi connectivity index (χ0v) is 19.2. The molecule has 0 saturated carbocycles. The number of pyridine rings is 1. The monoisotopic (exact) mass is 426 g/mol. The minimum Gasteiger partial charge on any atom is -0.357 e. The number of nitrogens with one attached hydrogen (secondary N) is 2. The highest BCUT2D eigenvalue weighted by Gasteiger charge is 2.22. The highest BCUT2D eigenvalue weighted by molar-refractivity contribution is 5.80. The van der Waals surface area contributed by atoms with Crippen LogP contribution in [0.15, 0.2) is 47.6 Å². The van der Waals surface area contributed by atoms with E-state index in [9.17, 15) is 4.39 Å². The van der Waals surface area contributed by atoms with Crippen molar-refractivity contribution in [3.8, 4) is 0 Å². The van der Waals surface area contributed by atoms with Crippen LogP contribution in [0.25, 0.3) is 0 Å². The van der Waals surface area contributed by atoms with Gasteiger partial charge in [-0.2, -0.15) is 0 Å². The van der Waals surface area contributed by atoms with Gasteiger partial charge < -0.3 is 20.4 Å². The van der Waals surface area contributed by atoms with E-state index in [1.165, 1.54) is 6.07 Å². The van der Waals surface area contributed by atoms with Crippen LogP contribution < -0.4 is 15.5 Å². The number of aromatic nitrogens is 1. The van der Waals surface area contributed by atoms with Crippen LogP contribution in [0.5, 0.6) is 0 Å². The molecule has 0 atom stereocenters. The Labute approximate surface area is 185 Å². The Balaban J connectivity index is 1.69. The normalized spacial score (nSPS) is 15.8. The molecule has 0 bridgehead atoms. The molecule has 31 heavy (non-hydrogen) atoms. The van der Waals surface area contributed by atoms with Crippen LogP contribution in [-0.2, 0) is 12.0 Å². The fourth-order valence-corrected chi connectivity index (χ4v) is 3.68. The number of hydrogen-bond acceptors (Lipinski definition) is 4. The van der Waals surface area contributed by atoms with Crippen LogP contribution in [0, 0.1) is 5.82 Å². The summed E-state index contributed by atoms with van der Waals surface area (Å²) in [5.41, 5.74) is 1.84. The number of likely N-dealkylation sites (N-methyl/N-ethyl adjacent to an activating group) is 1. The van der Waals surface area contributed by atoms with Gasteiger partial charge in [-0.25, -0.2) is 14.4 Å². The molecule has 2 N–H and O–H groups in total. The first-order chi connectivity index (χ1) is 14.9. The van der Waals surface area contributed by atoms with Gasteiger partial charge in [0.05, 0.1) is 6.54 Å². The molecule has 1 fully saturated rings. The summed E-state index contributed by atoms with van der Waals surface area (Å²) in [6, 6.07) is 10.9. The molecule has 0 unspecified atom stereocenters.